The fourth-order valence-corrected chi connectivity index (χ4v) is 0. The van der Waals surface area contributed by atoms with Gasteiger partial charge in [-0.3, -0.25) is 0 Å². The van der Waals surface area contributed by atoms with E-state index in [2.05, 4.69) is 17.3 Å². The van der Waals surface area contributed by atoms with Crippen molar-refractivity contribution in [3.05, 3.63) is 0 Å². The summed E-state index contributed by atoms with van der Waals surface area (Å²) < 4.78 is 0. The van der Waals surface area contributed by atoms with E-state index < -0.39 is 0 Å². The summed E-state index contributed by atoms with van der Waals surface area (Å²) >= 11 is -0.333. The van der Waals surface area contributed by atoms with Crippen molar-refractivity contribution < 1.29 is 0 Å². The average Bonchev–Trinajstić information content (AvgIpc) is 0.811. The molecule has 0 nitrogen and oxygen atoms in total. The van der Waals surface area contributed by atoms with E-state index in [1.807, 2.05) is 0 Å². The molecule has 0 saturated carbocycles. The van der Waals surface area contributed by atoms with Crippen LogP contribution in [0.4, 0.5) is 0 Å². The van der Waals surface area contributed by atoms with E-state index in [0.717, 1.165) is 0 Å². The van der Waals surface area contributed by atoms with Gasteiger partial charge in [-0.2, -0.15) is 0 Å². The smallest absolute Gasteiger partial charge is 0 e. The van der Waals surface area contributed by atoms with E-state index in [0.29, 0.717) is 0 Å². The summed E-state index contributed by atoms with van der Waals surface area (Å²) in [6.45, 7) is 0. The van der Waals surface area contributed by atoms with Gasteiger partial charge in [0.1, 0.15) is 0 Å². The molecule has 0 unspecified atom stereocenters. The van der Waals surface area contributed by atoms with Gasteiger partial charge in [0.05, 0.1) is 0 Å². The Labute approximate surface area is 50.6 Å². The maximum absolute atomic E-state index is 2.33. The molecule has 0 aromatic heterocycles. The molecule has 0 amide bonds. The Bertz CT molecular complexity index is 11.6. The van der Waals surface area contributed by atoms with E-state index in [-0.39, 0.29) is 33.2 Å². The monoisotopic (exact) mass is 126 g/mol. The van der Waals surface area contributed by atoms with Crippen LogP contribution in [0.25, 0.3) is 0 Å². The molecule has 2 radical (unpaired) electrons. The first-order valence-electron chi connectivity index (χ1n) is 1.50. The summed E-state index contributed by atoms with van der Waals surface area (Å²) in [5, 5.41) is 0. The molecule has 0 saturated heterocycles. The quantitative estimate of drug-likeness (QED) is 0.423. The Morgan fingerprint density at radius 2 is 1.00 bits per heavy atom. The van der Waals surface area contributed by atoms with Gasteiger partial charge >= 0.3 is 31.6 Å². The Morgan fingerprint density at radius 3 is 1.00 bits per heavy atom. The van der Waals surface area contributed by atoms with Crippen LogP contribution in [0.3, 0.4) is 0 Å². The fraction of sp³-hybridized carbons (Fsp3) is 1.00. The maximum Gasteiger partial charge on any atom is 0 e. The second-order valence-corrected chi connectivity index (χ2v) is 7.79. The minimum absolute atomic E-state index is 0. The van der Waals surface area contributed by atoms with Gasteiger partial charge in [0.2, 0.25) is 0 Å². The third-order valence-electron chi connectivity index (χ3n) is 0. The Balaban J connectivity index is 0. The first-order valence-corrected chi connectivity index (χ1v) is 7.79. The summed E-state index contributed by atoms with van der Waals surface area (Å²) in [6.07, 6.45) is 0. The molecule has 0 N–H and O–H groups in total. The first kappa shape index (κ1) is 9.46. The molecule has 0 aromatic carbocycles. The van der Waals surface area contributed by atoms with Crippen molar-refractivity contribution in [1.29, 1.82) is 0 Å². The first-order chi connectivity index (χ1) is 1.73. The standard InChI is InChI=1S/C3H9Ge.Li/c1-4(2)3;/h1-3H3;. The predicted octanol–water partition coefficient (Wildman–Crippen LogP) is 0.990. The molecule has 0 heterocycles. The van der Waals surface area contributed by atoms with E-state index in [1.54, 1.807) is 0 Å². The van der Waals surface area contributed by atoms with Gasteiger partial charge in [-0.15, -0.1) is 0 Å². The predicted molar refractivity (Wildman–Crippen MR) is 29.1 cm³/mol. The van der Waals surface area contributed by atoms with Crippen LogP contribution >= 0.6 is 0 Å². The zero-order chi connectivity index (χ0) is 3.58. The SMILES string of the molecule is [CH3][Ge]([CH3])[CH3].[Li]. The zero-order valence-corrected chi connectivity index (χ0v) is 6.60. The molecule has 0 bridgehead atoms. The van der Waals surface area contributed by atoms with E-state index >= 15 is 0 Å². The van der Waals surface area contributed by atoms with E-state index in [1.165, 1.54) is 0 Å². The summed E-state index contributed by atoms with van der Waals surface area (Å²) in [5.74, 6) is 7.00. The molecule has 0 aromatic rings. The van der Waals surface area contributed by atoms with Crippen molar-refractivity contribution in [3.63, 3.8) is 0 Å². The summed E-state index contributed by atoms with van der Waals surface area (Å²) in [5.41, 5.74) is 0. The van der Waals surface area contributed by atoms with Crippen LogP contribution in [-0.4, -0.2) is 33.2 Å². The Morgan fingerprint density at radius 1 is 1.00 bits per heavy atom. The Hall–Kier alpha value is 1.14. The van der Waals surface area contributed by atoms with Crippen molar-refractivity contribution in [2.24, 2.45) is 0 Å². The van der Waals surface area contributed by atoms with Crippen molar-refractivity contribution in [2.75, 3.05) is 0 Å². The van der Waals surface area contributed by atoms with Crippen LogP contribution in [0.5, 0.6) is 0 Å². The van der Waals surface area contributed by atoms with Gasteiger partial charge < -0.3 is 0 Å². The Kier molecular flexibility index (Phi) is 9.73. The molecule has 0 aliphatic carbocycles. The molecule has 5 heavy (non-hydrogen) atoms. The molecule has 2 heteroatoms. The molecule has 0 atom stereocenters. The average molecular weight is 125 g/mol. The van der Waals surface area contributed by atoms with E-state index in [9.17, 15) is 0 Å². The molecule has 0 aliphatic rings. The van der Waals surface area contributed by atoms with Gasteiger partial charge in [0, 0.05) is 18.9 Å². The molecule has 0 rings (SSSR count). The van der Waals surface area contributed by atoms with Crippen molar-refractivity contribution >= 4 is 33.2 Å². The summed E-state index contributed by atoms with van der Waals surface area (Å²) in [7, 11) is 0. The van der Waals surface area contributed by atoms with Gasteiger partial charge in [0.15, 0.2) is 0 Å². The minimum atomic E-state index is -0.333. The van der Waals surface area contributed by atoms with Gasteiger partial charge in [-0.25, -0.2) is 0 Å². The third kappa shape index (κ3) is 39.0. The second-order valence-electron chi connectivity index (χ2n) is 1.50. The van der Waals surface area contributed by atoms with Crippen molar-refractivity contribution in [3.8, 4) is 0 Å². The van der Waals surface area contributed by atoms with E-state index in [4.69, 9.17) is 0 Å². The normalized spacial score (nSPS) is 7.20. The topological polar surface area (TPSA) is 0 Å². The number of rotatable bonds is 0. The van der Waals surface area contributed by atoms with Gasteiger partial charge in [0.25, 0.3) is 0 Å². The molecule has 26 valence electrons. The summed E-state index contributed by atoms with van der Waals surface area (Å²) in [4.78, 5) is 0. The molecular weight excluding hydrogens is 116 g/mol. The van der Waals surface area contributed by atoms with Crippen LogP contribution in [-0.2, 0) is 0 Å². The largest absolute Gasteiger partial charge is 0 e. The van der Waals surface area contributed by atoms with Crippen LogP contribution in [0, 0.1) is 0 Å². The summed E-state index contributed by atoms with van der Waals surface area (Å²) in [6, 6.07) is 0. The van der Waals surface area contributed by atoms with Crippen LogP contribution in [0.15, 0.2) is 0 Å². The number of hydrogen-bond donors (Lipinski definition) is 0. The fourth-order valence-electron chi connectivity index (χ4n) is 0. The van der Waals surface area contributed by atoms with Crippen LogP contribution in [0.1, 0.15) is 0 Å². The molecule has 0 aliphatic heterocycles. The van der Waals surface area contributed by atoms with Crippen LogP contribution < -0.4 is 0 Å². The minimum Gasteiger partial charge on any atom is 0 e. The van der Waals surface area contributed by atoms with Gasteiger partial charge in [-0.05, 0) is 0 Å². The maximum atomic E-state index is 2.33. The van der Waals surface area contributed by atoms with Crippen molar-refractivity contribution in [1.82, 2.24) is 0 Å². The number of hydrogen-bond acceptors (Lipinski definition) is 0. The molecular formula is C3H9GeLi. The van der Waals surface area contributed by atoms with Crippen LogP contribution in [0.2, 0.25) is 17.3 Å². The second kappa shape index (κ2) is 5.14. The third-order valence-corrected chi connectivity index (χ3v) is 0. The van der Waals surface area contributed by atoms with Gasteiger partial charge in [-0.1, -0.05) is 0 Å². The van der Waals surface area contributed by atoms with Crippen molar-refractivity contribution in [2.45, 2.75) is 17.3 Å². The molecule has 0 fully saturated rings. The zero-order valence-electron chi connectivity index (χ0n) is 4.50. The molecule has 0 spiro atoms.